The molecular formula is C10H15NO2. The monoisotopic (exact) mass is 181 g/mol. The molecule has 0 aromatic rings. The molecular weight excluding hydrogens is 166 g/mol. The minimum absolute atomic E-state index is 0.327. The SMILES string of the molecule is CC[C@H](/C=C(/C)C=O)COC1=CN1. The molecule has 1 atom stereocenters. The van der Waals surface area contributed by atoms with Gasteiger partial charge in [-0.3, -0.25) is 4.79 Å². The van der Waals surface area contributed by atoms with Crippen LogP contribution in [-0.2, 0) is 9.53 Å². The van der Waals surface area contributed by atoms with Crippen LogP contribution in [0, 0.1) is 5.92 Å². The van der Waals surface area contributed by atoms with Gasteiger partial charge in [-0.2, -0.15) is 0 Å². The summed E-state index contributed by atoms with van der Waals surface area (Å²) in [5, 5.41) is 2.86. The van der Waals surface area contributed by atoms with Crippen molar-refractivity contribution in [3.63, 3.8) is 0 Å². The summed E-state index contributed by atoms with van der Waals surface area (Å²) in [5.41, 5.74) is 0.771. The molecule has 0 unspecified atom stereocenters. The van der Waals surface area contributed by atoms with Crippen LogP contribution in [0.15, 0.2) is 23.7 Å². The predicted molar refractivity (Wildman–Crippen MR) is 50.8 cm³/mol. The third-order valence-corrected chi connectivity index (χ3v) is 1.92. The molecule has 72 valence electrons. The van der Waals surface area contributed by atoms with E-state index in [2.05, 4.69) is 12.2 Å². The average Bonchev–Trinajstić information content (AvgIpc) is 2.95. The van der Waals surface area contributed by atoms with Gasteiger partial charge in [0, 0.05) is 5.92 Å². The van der Waals surface area contributed by atoms with Crippen molar-refractivity contribution in [1.29, 1.82) is 0 Å². The fourth-order valence-corrected chi connectivity index (χ4v) is 1.00. The predicted octanol–water partition coefficient (Wildman–Crippen LogP) is 1.58. The number of nitrogens with one attached hydrogen (secondary N) is 1. The molecule has 0 aromatic carbocycles. The van der Waals surface area contributed by atoms with Crippen LogP contribution in [-0.4, -0.2) is 12.9 Å². The second-order valence-electron chi connectivity index (χ2n) is 3.16. The van der Waals surface area contributed by atoms with Crippen LogP contribution in [0.3, 0.4) is 0 Å². The van der Waals surface area contributed by atoms with Crippen molar-refractivity contribution in [3.05, 3.63) is 23.7 Å². The highest BCUT2D eigenvalue weighted by Crippen LogP contribution is 2.12. The minimum atomic E-state index is 0.327. The first-order chi connectivity index (χ1) is 6.26. The number of hydrogen-bond donors (Lipinski definition) is 1. The van der Waals surface area contributed by atoms with Gasteiger partial charge < -0.3 is 10.1 Å². The Bertz CT molecular complexity index is 243. The molecule has 0 aromatic heterocycles. The second-order valence-corrected chi connectivity index (χ2v) is 3.16. The largest absolute Gasteiger partial charge is 0.477 e. The van der Waals surface area contributed by atoms with E-state index in [4.69, 9.17) is 4.74 Å². The quantitative estimate of drug-likeness (QED) is 0.500. The van der Waals surface area contributed by atoms with Crippen LogP contribution in [0.2, 0.25) is 0 Å². The summed E-state index contributed by atoms with van der Waals surface area (Å²) in [7, 11) is 0. The summed E-state index contributed by atoms with van der Waals surface area (Å²) in [4.78, 5) is 10.4. The lowest BCUT2D eigenvalue weighted by atomic mass is 10.1. The highest BCUT2D eigenvalue weighted by Gasteiger charge is 2.10. The molecule has 1 aliphatic heterocycles. The van der Waals surface area contributed by atoms with Gasteiger partial charge >= 0.3 is 0 Å². The average molecular weight is 181 g/mol. The normalized spacial score (nSPS) is 17.1. The molecule has 0 aliphatic carbocycles. The molecule has 3 nitrogen and oxygen atoms in total. The number of allylic oxidation sites excluding steroid dienone is 1. The van der Waals surface area contributed by atoms with E-state index in [1.807, 2.05) is 19.2 Å². The van der Waals surface area contributed by atoms with Gasteiger partial charge in [0.15, 0.2) is 0 Å². The fourth-order valence-electron chi connectivity index (χ4n) is 1.00. The van der Waals surface area contributed by atoms with Crippen LogP contribution >= 0.6 is 0 Å². The molecule has 0 bridgehead atoms. The maximum atomic E-state index is 10.4. The van der Waals surface area contributed by atoms with Crippen LogP contribution in [0.4, 0.5) is 0 Å². The molecule has 0 saturated carbocycles. The van der Waals surface area contributed by atoms with Crippen molar-refractivity contribution >= 4 is 6.29 Å². The van der Waals surface area contributed by atoms with E-state index in [0.29, 0.717) is 12.5 Å². The first-order valence-electron chi connectivity index (χ1n) is 4.49. The van der Waals surface area contributed by atoms with Gasteiger partial charge in [0.2, 0.25) is 5.88 Å². The third kappa shape index (κ3) is 3.78. The van der Waals surface area contributed by atoms with Crippen molar-refractivity contribution in [2.45, 2.75) is 20.3 Å². The van der Waals surface area contributed by atoms with E-state index < -0.39 is 0 Å². The highest BCUT2D eigenvalue weighted by atomic mass is 16.5. The molecule has 0 radical (unpaired) electrons. The zero-order valence-electron chi connectivity index (χ0n) is 8.04. The summed E-state index contributed by atoms with van der Waals surface area (Å²) in [6.45, 7) is 4.53. The zero-order valence-corrected chi connectivity index (χ0v) is 8.04. The van der Waals surface area contributed by atoms with Crippen molar-refractivity contribution in [3.8, 4) is 0 Å². The summed E-state index contributed by atoms with van der Waals surface area (Å²) < 4.78 is 5.34. The zero-order chi connectivity index (χ0) is 9.68. The molecule has 0 spiro atoms. The fraction of sp³-hybridized carbons (Fsp3) is 0.500. The van der Waals surface area contributed by atoms with E-state index in [-0.39, 0.29) is 0 Å². The molecule has 0 amide bonds. The van der Waals surface area contributed by atoms with Crippen molar-refractivity contribution in [2.75, 3.05) is 6.61 Å². The van der Waals surface area contributed by atoms with Gasteiger partial charge in [-0.05, 0) is 18.9 Å². The number of carbonyl (C=O) groups is 1. The first-order valence-corrected chi connectivity index (χ1v) is 4.49. The third-order valence-electron chi connectivity index (χ3n) is 1.92. The van der Waals surface area contributed by atoms with Gasteiger partial charge in [-0.15, -0.1) is 0 Å². The Balaban J connectivity index is 2.31. The van der Waals surface area contributed by atoms with E-state index in [1.165, 1.54) is 0 Å². The summed E-state index contributed by atoms with van der Waals surface area (Å²) in [5.74, 6) is 1.17. The van der Waals surface area contributed by atoms with Crippen molar-refractivity contribution in [2.24, 2.45) is 5.92 Å². The maximum absolute atomic E-state index is 10.4. The molecule has 1 aliphatic rings. The Labute approximate surface area is 78.5 Å². The number of carbonyl (C=O) groups excluding carboxylic acids is 1. The standard InChI is InChI=1S/C10H15NO2/c1-3-9(4-8(2)6-12)7-13-10-5-11-10/h4-6,9,11H,3,7H2,1-2H3/b8-4-/t9-/m1/s1. The highest BCUT2D eigenvalue weighted by molar-refractivity contribution is 5.72. The maximum Gasteiger partial charge on any atom is 0.207 e. The molecule has 0 saturated heterocycles. The van der Waals surface area contributed by atoms with E-state index in [0.717, 1.165) is 24.2 Å². The molecule has 1 heterocycles. The molecule has 13 heavy (non-hydrogen) atoms. The lowest BCUT2D eigenvalue weighted by Gasteiger charge is -2.09. The smallest absolute Gasteiger partial charge is 0.207 e. The Kier molecular flexibility index (Phi) is 3.55. The molecule has 1 N–H and O–H groups in total. The van der Waals surface area contributed by atoms with Crippen LogP contribution in [0.5, 0.6) is 0 Å². The topological polar surface area (TPSA) is 48.2 Å². The van der Waals surface area contributed by atoms with E-state index >= 15 is 0 Å². The first kappa shape index (κ1) is 9.84. The van der Waals surface area contributed by atoms with Crippen LogP contribution in [0.25, 0.3) is 0 Å². The molecule has 3 heteroatoms. The number of ether oxygens (including phenoxy) is 1. The number of hydrogen-bond acceptors (Lipinski definition) is 3. The van der Waals surface area contributed by atoms with Gasteiger partial charge in [0.05, 0.1) is 12.8 Å². The van der Waals surface area contributed by atoms with Gasteiger partial charge in [0.1, 0.15) is 6.29 Å². The molecule has 1 rings (SSSR count). The Hall–Kier alpha value is -1.25. The Morgan fingerprint density at radius 2 is 2.46 bits per heavy atom. The Morgan fingerprint density at radius 1 is 1.77 bits per heavy atom. The molecule has 0 fully saturated rings. The van der Waals surface area contributed by atoms with Crippen LogP contribution in [0.1, 0.15) is 20.3 Å². The van der Waals surface area contributed by atoms with Crippen molar-refractivity contribution < 1.29 is 9.53 Å². The van der Waals surface area contributed by atoms with Crippen molar-refractivity contribution in [1.82, 2.24) is 5.32 Å². The summed E-state index contributed by atoms with van der Waals surface area (Å²) in [6.07, 6.45) is 5.62. The lowest BCUT2D eigenvalue weighted by Crippen LogP contribution is -2.06. The van der Waals surface area contributed by atoms with Gasteiger partial charge in [-0.25, -0.2) is 0 Å². The van der Waals surface area contributed by atoms with Crippen LogP contribution < -0.4 is 5.32 Å². The second kappa shape index (κ2) is 4.70. The summed E-state index contributed by atoms with van der Waals surface area (Å²) >= 11 is 0. The van der Waals surface area contributed by atoms with Gasteiger partial charge in [0.25, 0.3) is 0 Å². The lowest BCUT2D eigenvalue weighted by molar-refractivity contribution is -0.104. The summed E-state index contributed by atoms with van der Waals surface area (Å²) in [6, 6.07) is 0. The number of aldehydes is 1. The Morgan fingerprint density at radius 3 is 2.92 bits per heavy atom. The van der Waals surface area contributed by atoms with Gasteiger partial charge in [-0.1, -0.05) is 13.0 Å². The minimum Gasteiger partial charge on any atom is -0.477 e. The number of rotatable bonds is 6. The van der Waals surface area contributed by atoms with E-state index in [1.54, 1.807) is 0 Å². The van der Waals surface area contributed by atoms with E-state index in [9.17, 15) is 4.79 Å².